The Bertz CT molecular complexity index is 1520. The maximum Gasteiger partial charge on any atom is 0.335 e. The molecule has 0 radical (unpaired) electrons. The molecule has 7 heteroatoms. The molecule has 5 rings (SSSR count). The van der Waals surface area contributed by atoms with Crippen molar-refractivity contribution in [3.8, 4) is 11.3 Å². The van der Waals surface area contributed by atoms with Crippen LogP contribution < -0.4 is 10.1 Å². The normalized spacial score (nSPS) is 12.2. The number of hydrogen-bond donors (Lipinski definition) is 1. The fourth-order valence-electron chi connectivity index (χ4n) is 3.34. The van der Waals surface area contributed by atoms with E-state index in [9.17, 15) is 14.7 Å². The van der Waals surface area contributed by atoms with Crippen LogP contribution in [0, 0.1) is 6.92 Å². The topological polar surface area (TPSA) is 84.8 Å². The number of imidazole rings is 1. The van der Waals surface area contributed by atoms with Crippen molar-refractivity contribution in [2.24, 2.45) is 0 Å². The van der Waals surface area contributed by atoms with Crippen LogP contribution in [0.1, 0.15) is 21.7 Å². The number of rotatable bonds is 3. The highest BCUT2D eigenvalue weighted by molar-refractivity contribution is 7.15. The highest BCUT2D eigenvalue weighted by Gasteiger charge is 2.13. The first kappa shape index (κ1) is 17.4. The van der Waals surface area contributed by atoms with Gasteiger partial charge in [0.25, 0.3) is 5.56 Å². The van der Waals surface area contributed by atoms with Crippen LogP contribution in [0.4, 0.5) is 0 Å². The molecule has 0 atom stereocenters. The molecule has 3 heterocycles. The maximum atomic E-state index is 12.9. The molecule has 0 spiro atoms. The van der Waals surface area contributed by atoms with Crippen LogP contribution >= 0.6 is 11.3 Å². The molecular formula is C22H14N2O4S. The summed E-state index contributed by atoms with van der Waals surface area (Å²) in [6.45, 7) is 1.89. The van der Waals surface area contributed by atoms with Crippen molar-refractivity contribution in [3.05, 3.63) is 86.4 Å². The molecule has 5 aromatic rings. The van der Waals surface area contributed by atoms with Crippen molar-refractivity contribution in [3.63, 3.8) is 0 Å². The fraction of sp³-hybridized carbons (Fsp3) is 0.0455. The van der Waals surface area contributed by atoms with Crippen LogP contribution in [0.3, 0.4) is 0 Å². The van der Waals surface area contributed by atoms with E-state index in [0.717, 1.165) is 16.6 Å². The summed E-state index contributed by atoms with van der Waals surface area (Å²) in [5, 5.41) is 9.22. The molecular weight excluding hydrogens is 388 g/mol. The number of fused-ring (bicyclic) bond motifs is 3. The predicted molar refractivity (Wildman–Crippen MR) is 111 cm³/mol. The number of nitrogens with zero attached hydrogens (tertiary/aromatic N) is 2. The van der Waals surface area contributed by atoms with E-state index in [-0.39, 0.29) is 11.1 Å². The second-order valence-corrected chi connectivity index (χ2v) is 7.68. The summed E-state index contributed by atoms with van der Waals surface area (Å²) >= 11 is 1.31. The Morgan fingerprint density at radius 3 is 2.83 bits per heavy atom. The first-order valence-corrected chi connectivity index (χ1v) is 9.69. The van der Waals surface area contributed by atoms with Crippen molar-refractivity contribution in [2.45, 2.75) is 6.92 Å². The summed E-state index contributed by atoms with van der Waals surface area (Å²) in [4.78, 5) is 29.3. The molecule has 6 nitrogen and oxygen atoms in total. The quantitative estimate of drug-likeness (QED) is 0.497. The van der Waals surface area contributed by atoms with Crippen molar-refractivity contribution in [1.82, 2.24) is 9.38 Å². The lowest BCUT2D eigenvalue weighted by molar-refractivity contribution is 0.0697. The highest BCUT2D eigenvalue weighted by atomic mass is 32.1. The van der Waals surface area contributed by atoms with E-state index in [1.807, 2.05) is 31.2 Å². The monoisotopic (exact) mass is 402 g/mol. The molecule has 2 aromatic carbocycles. The summed E-state index contributed by atoms with van der Waals surface area (Å²) in [7, 11) is 0. The van der Waals surface area contributed by atoms with Gasteiger partial charge in [-0.25, -0.2) is 14.2 Å². The molecule has 0 saturated heterocycles. The molecule has 0 amide bonds. The molecule has 29 heavy (non-hydrogen) atoms. The Balaban J connectivity index is 1.61. The first-order chi connectivity index (χ1) is 14.0. The summed E-state index contributed by atoms with van der Waals surface area (Å²) < 4.78 is 8.02. The molecule has 0 unspecified atom stereocenters. The number of benzene rings is 2. The van der Waals surface area contributed by atoms with Crippen LogP contribution in [-0.2, 0) is 0 Å². The lowest BCUT2D eigenvalue weighted by atomic mass is 10.0. The number of carboxylic acids is 1. The Kier molecular flexibility index (Phi) is 3.85. The van der Waals surface area contributed by atoms with Crippen LogP contribution in [0.25, 0.3) is 33.4 Å². The van der Waals surface area contributed by atoms with E-state index < -0.39 is 5.97 Å². The first-order valence-electron chi connectivity index (χ1n) is 8.87. The predicted octanol–water partition coefficient (Wildman–Crippen LogP) is 3.72. The Hall–Kier alpha value is -3.71. The zero-order valence-electron chi connectivity index (χ0n) is 15.2. The largest absolute Gasteiger partial charge is 0.478 e. The maximum absolute atomic E-state index is 12.9. The molecule has 0 aliphatic rings. The van der Waals surface area contributed by atoms with Gasteiger partial charge in [0.2, 0.25) is 0 Å². The average molecular weight is 402 g/mol. The molecule has 0 fully saturated rings. The van der Waals surface area contributed by atoms with Gasteiger partial charge >= 0.3 is 5.97 Å². The van der Waals surface area contributed by atoms with Gasteiger partial charge in [0, 0.05) is 11.6 Å². The van der Waals surface area contributed by atoms with Crippen LogP contribution in [0.2, 0.25) is 0 Å². The zero-order valence-corrected chi connectivity index (χ0v) is 16.1. The molecule has 1 N–H and O–H groups in total. The molecule has 0 aliphatic heterocycles. The van der Waals surface area contributed by atoms with Gasteiger partial charge in [0.1, 0.15) is 16.1 Å². The van der Waals surface area contributed by atoms with Crippen LogP contribution in [0.5, 0.6) is 0 Å². The molecule has 0 aliphatic carbocycles. The summed E-state index contributed by atoms with van der Waals surface area (Å²) in [6.07, 6.45) is 1.69. The minimum absolute atomic E-state index is 0.138. The Morgan fingerprint density at radius 1 is 1.17 bits per heavy atom. The molecule has 0 bridgehead atoms. The van der Waals surface area contributed by atoms with Gasteiger partial charge in [-0.15, -0.1) is 0 Å². The van der Waals surface area contributed by atoms with Crippen molar-refractivity contribution >= 4 is 39.4 Å². The van der Waals surface area contributed by atoms with Crippen molar-refractivity contribution in [1.29, 1.82) is 0 Å². The fourth-order valence-corrected chi connectivity index (χ4v) is 4.30. The highest BCUT2D eigenvalue weighted by Crippen LogP contribution is 2.27. The second kappa shape index (κ2) is 6.42. The zero-order chi connectivity index (χ0) is 20.1. The number of carboxylic acid groups (broad SMARTS) is 1. The number of furan rings is 1. The minimum Gasteiger partial charge on any atom is -0.478 e. The Labute approximate surface area is 168 Å². The number of aryl methyl sites for hydroxylation is 1. The van der Waals surface area contributed by atoms with E-state index in [0.29, 0.717) is 26.6 Å². The third-order valence-corrected chi connectivity index (χ3v) is 5.76. The Morgan fingerprint density at radius 2 is 2.00 bits per heavy atom. The van der Waals surface area contributed by atoms with E-state index in [2.05, 4.69) is 4.98 Å². The van der Waals surface area contributed by atoms with E-state index in [1.54, 1.807) is 40.8 Å². The van der Waals surface area contributed by atoms with Gasteiger partial charge < -0.3 is 9.52 Å². The van der Waals surface area contributed by atoms with Gasteiger partial charge in [-0.1, -0.05) is 29.5 Å². The minimum atomic E-state index is -0.991. The van der Waals surface area contributed by atoms with Crippen molar-refractivity contribution < 1.29 is 14.3 Å². The standard InChI is InChI=1S/C22H14N2O4S/c1-12-6-7-13(21(26)27)10-15(12)18-9-8-14(28-18)11-19-20(25)24-17-5-3-2-4-16(17)23-22(24)29-19/h2-11H,1H3,(H,26,27)/b19-11-. The van der Waals surface area contributed by atoms with Crippen molar-refractivity contribution in [2.75, 3.05) is 0 Å². The second-order valence-electron chi connectivity index (χ2n) is 6.67. The van der Waals surface area contributed by atoms with Gasteiger partial charge in [-0.2, -0.15) is 0 Å². The van der Waals surface area contributed by atoms with Gasteiger partial charge in [0.15, 0.2) is 4.96 Å². The molecule has 0 saturated carbocycles. The SMILES string of the molecule is Cc1ccc(C(=O)O)cc1-c1ccc(/C=c2\sc3nc4ccccc4n3c2=O)o1. The summed E-state index contributed by atoms with van der Waals surface area (Å²) in [5.41, 5.74) is 3.24. The average Bonchev–Trinajstić information content (AvgIpc) is 3.38. The number of thiazole rings is 1. The third-order valence-electron chi connectivity index (χ3n) is 4.80. The number of carbonyl (C=O) groups is 1. The molecule has 3 aromatic heterocycles. The number of hydrogen-bond acceptors (Lipinski definition) is 5. The summed E-state index contributed by atoms with van der Waals surface area (Å²) in [6, 6.07) is 16.0. The van der Waals surface area contributed by atoms with Gasteiger partial charge in [-0.3, -0.25) is 4.79 Å². The lowest BCUT2D eigenvalue weighted by Crippen LogP contribution is -2.22. The van der Waals surface area contributed by atoms with Gasteiger partial charge in [-0.05, 0) is 48.9 Å². The van der Waals surface area contributed by atoms with Crippen LogP contribution in [-0.4, -0.2) is 20.5 Å². The molecule has 142 valence electrons. The third kappa shape index (κ3) is 2.83. The van der Waals surface area contributed by atoms with E-state index >= 15 is 0 Å². The smallest absolute Gasteiger partial charge is 0.335 e. The van der Waals surface area contributed by atoms with E-state index in [4.69, 9.17) is 4.42 Å². The number of para-hydroxylation sites is 2. The van der Waals surface area contributed by atoms with Crippen LogP contribution in [0.15, 0.2) is 63.8 Å². The number of aromatic carboxylic acids is 1. The summed E-state index contributed by atoms with van der Waals surface area (Å²) in [5.74, 6) is 0.0804. The van der Waals surface area contributed by atoms with E-state index in [1.165, 1.54) is 11.3 Å². The number of aromatic nitrogens is 2. The lowest BCUT2D eigenvalue weighted by Gasteiger charge is -2.04. The van der Waals surface area contributed by atoms with Gasteiger partial charge in [0.05, 0.1) is 16.6 Å².